The number of aliphatic hydroxyl groups is 1. The van der Waals surface area contributed by atoms with Crippen LogP contribution in [0.15, 0.2) is 18.3 Å². The Hall–Kier alpha value is -1.69. The zero-order chi connectivity index (χ0) is 15.7. The second-order valence-electron chi connectivity index (χ2n) is 6.66. The first kappa shape index (κ1) is 15.2. The summed E-state index contributed by atoms with van der Waals surface area (Å²) < 4.78 is 0. The first-order chi connectivity index (χ1) is 10.6. The van der Waals surface area contributed by atoms with Crippen LogP contribution in [0.1, 0.15) is 39.0 Å². The highest BCUT2D eigenvalue weighted by atomic mass is 16.6. The average Bonchev–Trinajstić information content (AvgIpc) is 2.98. The van der Waals surface area contributed by atoms with E-state index >= 15 is 0 Å². The summed E-state index contributed by atoms with van der Waals surface area (Å²) in [5.41, 5.74) is 0.0627. The van der Waals surface area contributed by atoms with Crippen molar-refractivity contribution in [1.82, 2.24) is 4.98 Å². The van der Waals surface area contributed by atoms with Gasteiger partial charge in [-0.3, -0.25) is 10.1 Å². The van der Waals surface area contributed by atoms with Crippen LogP contribution in [0.2, 0.25) is 0 Å². The summed E-state index contributed by atoms with van der Waals surface area (Å²) in [6, 6.07) is 3.27. The third-order valence-electron chi connectivity index (χ3n) is 5.15. The molecule has 22 heavy (non-hydrogen) atoms. The molecule has 2 aliphatic rings. The predicted molar refractivity (Wildman–Crippen MR) is 83.8 cm³/mol. The lowest BCUT2D eigenvalue weighted by atomic mass is 9.76. The van der Waals surface area contributed by atoms with Crippen LogP contribution >= 0.6 is 0 Å². The minimum atomic E-state index is -0.363. The van der Waals surface area contributed by atoms with Gasteiger partial charge in [0.25, 0.3) is 0 Å². The second-order valence-corrected chi connectivity index (χ2v) is 6.66. The standard InChI is InChI=1S/C16H23N3O3/c1-11-6-7-15(20)12(10-11)13-5-3-9-18(13)16-14(19(21)22)4-2-8-17-16/h2,4,8,11-13,15,20H,3,5-7,9-10H2,1H3/t11-,12-,13-,15+/m1/s1. The van der Waals surface area contributed by atoms with Crippen molar-refractivity contribution in [2.45, 2.75) is 51.2 Å². The van der Waals surface area contributed by atoms with Gasteiger partial charge in [0.1, 0.15) is 0 Å². The number of aromatic nitrogens is 1. The number of nitro groups is 1. The maximum atomic E-state index is 11.3. The van der Waals surface area contributed by atoms with Gasteiger partial charge in [0.15, 0.2) is 0 Å². The molecule has 0 unspecified atom stereocenters. The molecule has 2 heterocycles. The van der Waals surface area contributed by atoms with E-state index in [2.05, 4.69) is 16.8 Å². The van der Waals surface area contributed by atoms with Gasteiger partial charge in [-0.05, 0) is 44.1 Å². The number of hydrogen-bond acceptors (Lipinski definition) is 5. The summed E-state index contributed by atoms with van der Waals surface area (Å²) in [4.78, 5) is 17.2. The lowest BCUT2D eigenvalue weighted by Gasteiger charge is -2.39. The molecule has 1 aromatic rings. The molecule has 1 saturated heterocycles. The van der Waals surface area contributed by atoms with Gasteiger partial charge in [-0.25, -0.2) is 4.98 Å². The summed E-state index contributed by atoms with van der Waals surface area (Å²) in [6.07, 6.45) is 6.16. The van der Waals surface area contributed by atoms with Crippen LogP contribution in [0.25, 0.3) is 0 Å². The maximum absolute atomic E-state index is 11.3. The first-order valence-corrected chi connectivity index (χ1v) is 8.12. The SMILES string of the molecule is C[C@@H]1CC[C@H](O)[C@@H]([C@H]2CCCN2c2ncccc2[N+](=O)[O-])C1. The number of nitrogens with zero attached hydrogens (tertiary/aromatic N) is 3. The van der Waals surface area contributed by atoms with Crippen molar-refractivity contribution in [1.29, 1.82) is 0 Å². The zero-order valence-electron chi connectivity index (χ0n) is 12.9. The zero-order valence-corrected chi connectivity index (χ0v) is 12.9. The Morgan fingerprint density at radius 1 is 1.41 bits per heavy atom. The smallest absolute Gasteiger partial charge is 0.311 e. The molecule has 1 aliphatic carbocycles. The Morgan fingerprint density at radius 2 is 2.23 bits per heavy atom. The molecule has 3 rings (SSSR count). The lowest BCUT2D eigenvalue weighted by Crippen LogP contribution is -2.44. The van der Waals surface area contributed by atoms with Gasteiger partial charge in [-0.15, -0.1) is 0 Å². The van der Waals surface area contributed by atoms with E-state index in [-0.39, 0.29) is 28.7 Å². The van der Waals surface area contributed by atoms with Crippen LogP contribution in [0.4, 0.5) is 11.5 Å². The van der Waals surface area contributed by atoms with Gasteiger partial charge in [-0.1, -0.05) is 6.92 Å². The Morgan fingerprint density at radius 3 is 3.00 bits per heavy atom. The van der Waals surface area contributed by atoms with Crippen molar-refractivity contribution < 1.29 is 10.0 Å². The average molecular weight is 305 g/mol. The second kappa shape index (κ2) is 6.20. The Bertz CT molecular complexity index is 551. The van der Waals surface area contributed by atoms with E-state index in [1.165, 1.54) is 6.07 Å². The summed E-state index contributed by atoms with van der Waals surface area (Å²) in [7, 11) is 0. The summed E-state index contributed by atoms with van der Waals surface area (Å²) >= 11 is 0. The molecule has 0 amide bonds. The highest BCUT2D eigenvalue weighted by molar-refractivity contribution is 5.58. The number of pyridine rings is 1. The van der Waals surface area contributed by atoms with Gasteiger partial charge in [-0.2, -0.15) is 0 Å². The normalized spacial score (nSPS) is 32.2. The molecule has 0 radical (unpaired) electrons. The minimum absolute atomic E-state index is 0.0627. The summed E-state index contributed by atoms with van der Waals surface area (Å²) in [5.74, 6) is 1.25. The molecular formula is C16H23N3O3. The van der Waals surface area contributed by atoms with Crippen molar-refractivity contribution in [2.24, 2.45) is 11.8 Å². The van der Waals surface area contributed by atoms with E-state index in [9.17, 15) is 15.2 Å². The molecule has 1 aliphatic heterocycles. The van der Waals surface area contributed by atoms with E-state index in [1.807, 2.05) is 0 Å². The largest absolute Gasteiger partial charge is 0.393 e. The Balaban J connectivity index is 1.89. The van der Waals surface area contributed by atoms with Crippen molar-refractivity contribution in [3.63, 3.8) is 0 Å². The lowest BCUT2D eigenvalue weighted by molar-refractivity contribution is -0.384. The minimum Gasteiger partial charge on any atom is -0.393 e. The molecule has 1 saturated carbocycles. The van der Waals surface area contributed by atoms with Crippen molar-refractivity contribution in [2.75, 3.05) is 11.4 Å². The monoisotopic (exact) mass is 305 g/mol. The highest BCUT2D eigenvalue weighted by Crippen LogP contribution is 2.40. The number of anilines is 1. The molecule has 0 bridgehead atoms. The fraction of sp³-hybridized carbons (Fsp3) is 0.688. The predicted octanol–water partition coefficient (Wildman–Crippen LogP) is 2.76. The fourth-order valence-corrected chi connectivity index (χ4v) is 4.08. The number of hydrogen-bond donors (Lipinski definition) is 1. The summed E-state index contributed by atoms with van der Waals surface area (Å²) in [5, 5.41) is 21.7. The molecule has 120 valence electrons. The molecule has 0 aromatic carbocycles. The third kappa shape index (κ3) is 2.79. The van der Waals surface area contributed by atoms with Crippen LogP contribution in [-0.2, 0) is 0 Å². The van der Waals surface area contributed by atoms with E-state index in [1.54, 1.807) is 12.3 Å². The number of aliphatic hydroxyl groups excluding tert-OH is 1. The molecule has 1 N–H and O–H groups in total. The van der Waals surface area contributed by atoms with Crippen molar-refractivity contribution in [3.8, 4) is 0 Å². The number of rotatable bonds is 3. The summed E-state index contributed by atoms with van der Waals surface area (Å²) in [6.45, 7) is 3.00. The van der Waals surface area contributed by atoms with E-state index in [0.29, 0.717) is 11.7 Å². The molecule has 6 nitrogen and oxygen atoms in total. The Labute approximate surface area is 130 Å². The maximum Gasteiger partial charge on any atom is 0.311 e. The first-order valence-electron chi connectivity index (χ1n) is 8.12. The van der Waals surface area contributed by atoms with Gasteiger partial charge in [0.2, 0.25) is 5.82 Å². The van der Waals surface area contributed by atoms with Crippen molar-refractivity contribution >= 4 is 11.5 Å². The van der Waals surface area contributed by atoms with Crippen LogP contribution in [-0.4, -0.2) is 33.7 Å². The fourth-order valence-electron chi connectivity index (χ4n) is 4.08. The van der Waals surface area contributed by atoms with Crippen LogP contribution < -0.4 is 4.90 Å². The van der Waals surface area contributed by atoms with Gasteiger partial charge in [0, 0.05) is 30.8 Å². The van der Waals surface area contributed by atoms with E-state index in [0.717, 1.165) is 38.6 Å². The van der Waals surface area contributed by atoms with Crippen LogP contribution in [0.5, 0.6) is 0 Å². The van der Waals surface area contributed by atoms with Gasteiger partial charge in [0.05, 0.1) is 11.0 Å². The van der Waals surface area contributed by atoms with Crippen LogP contribution in [0.3, 0.4) is 0 Å². The molecule has 0 spiro atoms. The molecule has 2 fully saturated rings. The molecule has 6 heteroatoms. The molecular weight excluding hydrogens is 282 g/mol. The highest BCUT2D eigenvalue weighted by Gasteiger charge is 2.40. The van der Waals surface area contributed by atoms with Crippen molar-refractivity contribution in [3.05, 3.63) is 28.4 Å². The quantitative estimate of drug-likeness (QED) is 0.686. The topological polar surface area (TPSA) is 79.5 Å². The molecule has 4 atom stereocenters. The van der Waals surface area contributed by atoms with E-state index in [4.69, 9.17) is 0 Å². The van der Waals surface area contributed by atoms with E-state index < -0.39 is 0 Å². The van der Waals surface area contributed by atoms with Crippen LogP contribution in [0, 0.1) is 22.0 Å². The molecule has 1 aromatic heterocycles. The van der Waals surface area contributed by atoms with Gasteiger partial charge < -0.3 is 10.0 Å². The van der Waals surface area contributed by atoms with Gasteiger partial charge >= 0.3 is 5.69 Å². The Kier molecular flexibility index (Phi) is 4.29. The third-order valence-corrected chi connectivity index (χ3v) is 5.15.